The van der Waals surface area contributed by atoms with Gasteiger partial charge in [0.05, 0.1) is 11.7 Å². The molecule has 1 heterocycles. The highest BCUT2D eigenvalue weighted by molar-refractivity contribution is 5.97. The summed E-state index contributed by atoms with van der Waals surface area (Å²) in [5, 5.41) is 5.07. The molecule has 6 nitrogen and oxygen atoms in total. The third-order valence-electron chi connectivity index (χ3n) is 4.80. The van der Waals surface area contributed by atoms with Crippen LogP contribution in [0.3, 0.4) is 0 Å². The van der Waals surface area contributed by atoms with Crippen LogP contribution in [0.25, 0.3) is 10.9 Å². The average molecular weight is 425 g/mol. The molecule has 0 fully saturated rings. The first-order valence-corrected chi connectivity index (χ1v) is 10.3. The normalized spacial score (nSPS) is 11.9. The maximum Gasteiger partial charge on any atom is 0.280 e. The first kappa shape index (κ1) is 21.1. The molecule has 32 heavy (non-hydrogen) atoms. The monoisotopic (exact) mass is 425 g/mol. The van der Waals surface area contributed by atoms with Crippen LogP contribution in [-0.2, 0) is 11.4 Å². The summed E-state index contributed by atoms with van der Waals surface area (Å²) in [6.07, 6.45) is 2.60. The number of benzene rings is 3. The Morgan fingerprint density at radius 2 is 1.72 bits per heavy atom. The van der Waals surface area contributed by atoms with Crippen LogP contribution >= 0.6 is 0 Å². The second-order valence-corrected chi connectivity index (χ2v) is 7.16. The Morgan fingerprint density at radius 3 is 2.53 bits per heavy atom. The summed E-state index contributed by atoms with van der Waals surface area (Å²) in [5.41, 5.74) is 5.26. The van der Waals surface area contributed by atoms with Crippen LogP contribution < -0.4 is 14.9 Å². The number of carbonyl (C=O) groups excluding carboxylic acids is 1. The molecule has 1 N–H and O–H groups in total. The molecule has 0 bridgehead atoms. The van der Waals surface area contributed by atoms with Gasteiger partial charge in [-0.05, 0) is 42.8 Å². The van der Waals surface area contributed by atoms with Gasteiger partial charge >= 0.3 is 0 Å². The van der Waals surface area contributed by atoms with E-state index in [2.05, 4.69) is 15.5 Å². The first-order valence-electron chi connectivity index (χ1n) is 10.3. The number of aromatic nitrogens is 1. The third kappa shape index (κ3) is 5.49. The number of fused-ring (bicyclic) bond motifs is 1. The maximum atomic E-state index is 12.3. The molecule has 4 rings (SSSR count). The predicted octanol–water partition coefficient (Wildman–Crippen LogP) is 4.73. The minimum absolute atomic E-state index is 0.348. The Kier molecular flexibility index (Phi) is 6.72. The van der Waals surface area contributed by atoms with E-state index < -0.39 is 6.10 Å². The summed E-state index contributed by atoms with van der Waals surface area (Å²) in [7, 11) is 0. The summed E-state index contributed by atoms with van der Waals surface area (Å²) in [4.78, 5) is 16.7. The number of nitrogens with zero attached hydrogens (tertiary/aromatic N) is 2. The predicted molar refractivity (Wildman–Crippen MR) is 125 cm³/mol. The highest BCUT2D eigenvalue weighted by atomic mass is 16.5. The van der Waals surface area contributed by atoms with Gasteiger partial charge in [0.25, 0.3) is 5.91 Å². The fourth-order valence-corrected chi connectivity index (χ4v) is 3.10. The third-order valence-corrected chi connectivity index (χ3v) is 4.80. The molecule has 0 saturated carbocycles. The van der Waals surface area contributed by atoms with Gasteiger partial charge in [-0.1, -0.05) is 54.6 Å². The number of rotatable bonds is 8. The van der Waals surface area contributed by atoms with Crippen LogP contribution in [-0.4, -0.2) is 23.2 Å². The summed E-state index contributed by atoms with van der Waals surface area (Å²) >= 11 is 0. The number of ether oxygens (including phenoxy) is 2. The number of carbonyl (C=O) groups is 1. The molecule has 1 aromatic heterocycles. The number of para-hydroxylation sites is 1. The van der Waals surface area contributed by atoms with Gasteiger partial charge in [0, 0.05) is 17.1 Å². The lowest BCUT2D eigenvalue weighted by atomic mass is 10.1. The zero-order chi connectivity index (χ0) is 22.2. The van der Waals surface area contributed by atoms with Gasteiger partial charge in [0.1, 0.15) is 18.1 Å². The average Bonchev–Trinajstić information content (AvgIpc) is 2.84. The van der Waals surface area contributed by atoms with Gasteiger partial charge in [0.2, 0.25) is 0 Å². The van der Waals surface area contributed by atoms with Crippen molar-refractivity contribution in [1.82, 2.24) is 10.4 Å². The van der Waals surface area contributed by atoms with Crippen LogP contribution in [0.5, 0.6) is 11.5 Å². The zero-order valence-corrected chi connectivity index (χ0v) is 17.6. The van der Waals surface area contributed by atoms with Crippen molar-refractivity contribution in [1.29, 1.82) is 0 Å². The van der Waals surface area contributed by atoms with Gasteiger partial charge in [0.15, 0.2) is 6.10 Å². The van der Waals surface area contributed by atoms with Crippen molar-refractivity contribution >= 4 is 23.0 Å². The molecule has 3 aromatic carbocycles. The second-order valence-electron chi connectivity index (χ2n) is 7.16. The van der Waals surface area contributed by atoms with Crippen LogP contribution in [0, 0.1) is 0 Å². The van der Waals surface area contributed by atoms with E-state index in [0.29, 0.717) is 12.4 Å². The molecule has 0 aliphatic rings. The zero-order valence-electron chi connectivity index (χ0n) is 17.6. The van der Waals surface area contributed by atoms with Crippen molar-refractivity contribution in [3.63, 3.8) is 0 Å². The summed E-state index contributed by atoms with van der Waals surface area (Å²) in [6.45, 7) is 2.16. The first-order chi connectivity index (χ1) is 15.7. The van der Waals surface area contributed by atoms with Crippen molar-refractivity contribution in [2.45, 2.75) is 19.6 Å². The van der Waals surface area contributed by atoms with Crippen LogP contribution in [0.2, 0.25) is 0 Å². The molecule has 0 aliphatic heterocycles. The van der Waals surface area contributed by atoms with Crippen LogP contribution in [0.4, 0.5) is 0 Å². The highest BCUT2D eigenvalue weighted by Gasteiger charge is 2.14. The molecular weight excluding hydrogens is 402 g/mol. The fourth-order valence-electron chi connectivity index (χ4n) is 3.10. The molecule has 4 aromatic rings. The number of pyridine rings is 1. The van der Waals surface area contributed by atoms with Crippen molar-refractivity contribution < 1.29 is 14.3 Å². The molecule has 6 heteroatoms. The topological polar surface area (TPSA) is 72.8 Å². The molecule has 1 amide bonds. The summed E-state index contributed by atoms with van der Waals surface area (Å²) in [6, 6.07) is 26.8. The largest absolute Gasteiger partial charge is 0.489 e. The Hall–Kier alpha value is -4.19. The molecule has 0 spiro atoms. The van der Waals surface area contributed by atoms with Crippen molar-refractivity contribution in [2.24, 2.45) is 5.10 Å². The van der Waals surface area contributed by atoms with Gasteiger partial charge in [-0.25, -0.2) is 5.43 Å². The number of amides is 1. The van der Waals surface area contributed by atoms with Crippen molar-refractivity contribution in [3.05, 3.63) is 102 Å². The Labute approximate surface area is 186 Å². The lowest BCUT2D eigenvalue weighted by molar-refractivity contribution is -0.127. The van der Waals surface area contributed by atoms with Gasteiger partial charge in [-0.3, -0.25) is 9.78 Å². The lowest BCUT2D eigenvalue weighted by Gasteiger charge is -2.13. The van der Waals surface area contributed by atoms with E-state index in [1.807, 2.05) is 72.8 Å². The van der Waals surface area contributed by atoms with E-state index in [9.17, 15) is 4.79 Å². The Bertz CT molecular complexity index is 1200. The lowest BCUT2D eigenvalue weighted by Crippen LogP contribution is -2.33. The second kappa shape index (κ2) is 10.2. The number of hydrogen-bond acceptors (Lipinski definition) is 5. The SMILES string of the molecule is C[C@H](Oc1ccc(OCc2ccccc2)cc1)C(=O)N/N=C\c1cccc2cccnc12. The van der Waals surface area contributed by atoms with E-state index in [-0.39, 0.29) is 5.91 Å². The highest BCUT2D eigenvalue weighted by Crippen LogP contribution is 2.20. The van der Waals surface area contributed by atoms with Gasteiger partial charge in [-0.15, -0.1) is 0 Å². The molecular formula is C26H23N3O3. The van der Waals surface area contributed by atoms with Crippen LogP contribution in [0.1, 0.15) is 18.1 Å². The quantitative estimate of drug-likeness (QED) is 0.327. The van der Waals surface area contributed by atoms with Gasteiger partial charge in [-0.2, -0.15) is 5.10 Å². The Morgan fingerprint density at radius 1 is 0.969 bits per heavy atom. The smallest absolute Gasteiger partial charge is 0.280 e. The number of hydrazone groups is 1. The standard InChI is InChI=1S/C26H23N3O3/c1-19(26(30)29-28-17-22-10-5-9-21-11-6-16-27-25(21)22)32-24-14-12-23(13-15-24)31-18-20-7-3-2-4-8-20/h2-17,19H,18H2,1H3,(H,29,30)/b28-17-/t19-/m0/s1. The molecule has 1 atom stereocenters. The summed E-state index contributed by atoms with van der Waals surface area (Å²) in [5.74, 6) is 0.951. The van der Waals surface area contributed by atoms with Crippen molar-refractivity contribution in [2.75, 3.05) is 0 Å². The minimum atomic E-state index is -0.714. The number of nitrogens with one attached hydrogen (secondary N) is 1. The van der Waals surface area contributed by atoms with E-state index in [4.69, 9.17) is 9.47 Å². The van der Waals surface area contributed by atoms with E-state index in [1.165, 1.54) is 0 Å². The molecule has 0 aliphatic carbocycles. The Balaban J connectivity index is 1.29. The van der Waals surface area contributed by atoms with Crippen LogP contribution in [0.15, 0.2) is 96.2 Å². The summed E-state index contributed by atoms with van der Waals surface area (Å²) < 4.78 is 11.5. The molecule has 0 unspecified atom stereocenters. The minimum Gasteiger partial charge on any atom is -0.489 e. The fraction of sp³-hybridized carbons (Fsp3) is 0.115. The molecule has 0 saturated heterocycles. The van der Waals surface area contributed by atoms with E-state index in [0.717, 1.165) is 27.8 Å². The van der Waals surface area contributed by atoms with Gasteiger partial charge < -0.3 is 9.47 Å². The van der Waals surface area contributed by atoms with Crippen molar-refractivity contribution in [3.8, 4) is 11.5 Å². The molecule has 160 valence electrons. The van der Waals surface area contributed by atoms with E-state index in [1.54, 1.807) is 31.5 Å². The maximum absolute atomic E-state index is 12.3. The van der Waals surface area contributed by atoms with E-state index >= 15 is 0 Å². The molecule has 0 radical (unpaired) electrons. The number of hydrogen-bond donors (Lipinski definition) is 1.